The van der Waals surface area contributed by atoms with Crippen molar-refractivity contribution in [3.63, 3.8) is 0 Å². The Morgan fingerprint density at radius 2 is 2.12 bits per heavy atom. The van der Waals surface area contributed by atoms with Gasteiger partial charge in [-0.2, -0.15) is 0 Å². The number of allylic oxidation sites excluding steroid dienone is 1. The fraction of sp³-hybridized carbons (Fsp3) is 0.474. The topological polar surface area (TPSA) is 67.7 Å². The highest BCUT2D eigenvalue weighted by atomic mass is 16.5. The van der Waals surface area contributed by atoms with Gasteiger partial charge in [0.05, 0.1) is 11.3 Å². The lowest BCUT2D eigenvalue weighted by molar-refractivity contribution is 0.0925. The third kappa shape index (κ3) is 3.08. The van der Waals surface area contributed by atoms with E-state index in [9.17, 15) is 4.79 Å². The van der Waals surface area contributed by atoms with Gasteiger partial charge in [-0.1, -0.05) is 0 Å². The maximum atomic E-state index is 12.7. The van der Waals surface area contributed by atoms with Gasteiger partial charge in [0, 0.05) is 29.5 Å². The van der Waals surface area contributed by atoms with Crippen LogP contribution in [0.4, 0.5) is 0 Å². The highest BCUT2D eigenvalue weighted by Gasteiger charge is 2.27. The molecule has 4 rings (SSSR count). The molecule has 0 radical (unpaired) electrons. The van der Waals surface area contributed by atoms with Crippen LogP contribution in [0.3, 0.4) is 0 Å². The van der Waals surface area contributed by atoms with Crippen molar-refractivity contribution in [2.24, 2.45) is 5.92 Å². The summed E-state index contributed by atoms with van der Waals surface area (Å²) in [6.45, 7) is 4.57. The van der Waals surface area contributed by atoms with E-state index in [1.54, 1.807) is 0 Å². The van der Waals surface area contributed by atoms with Crippen LogP contribution in [0, 0.1) is 19.8 Å². The lowest BCUT2D eigenvalue weighted by atomic mass is 9.84. The van der Waals surface area contributed by atoms with Gasteiger partial charge in [-0.3, -0.25) is 4.79 Å². The van der Waals surface area contributed by atoms with Crippen LogP contribution in [-0.2, 0) is 4.74 Å². The first-order chi connectivity index (χ1) is 12.1. The zero-order valence-electron chi connectivity index (χ0n) is 14.7. The summed E-state index contributed by atoms with van der Waals surface area (Å²) in [4.78, 5) is 17.3. The minimum Gasteiger partial charge on any atom is -0.479 e. The van der Waals surface area contributed by atoms with Gasteiger partial charge in [0.1, 0.15) is 11.9 Å². The molecule has 2 aliphatic rings. The second-order valence-corrected chi connectivity index (χ2v) is 7.04. The van der Waals surface area contributed by atoms with Crippen LogP contribution >= 0.6 is 0 Å². The summed E-state index contributed by atoms with van der Waals surface area (Å²) in [5.74, 6) is 0.503. The molecular weight excluding hydrogens is 316 g/mol. The van der Waals surface area contributed by atoms with Gasteiger partial charge in [-0.05, 0) is 51.7 Å². The van der Waals surface area contributed by atoms with Gasteiger partial charge in [0.2, 0.25) is 0 Å². The minimum absolute atomic E-state index is 0.0232. The van der Waals surface area contributed by atoms with E-state index in [4.69, 9.17) is 4.74 Å². The summed E-state index contributed by atoms with van der Waals surface area (Å²) < 4.78 is 7.23. The standard InChI is InChI=1S/C19H24N4O2/c1-12-9-13(2)23-8-7-16(18(23)21-12)19(24)22-15-5-3-14(4-6-15)17-10-25-11-20-17/h7-10,14-15,20H,3-6,11H2,1-2H3,(H,22,24). The molecule has 0 spiro atoms. The average molecular weight is 340 g/mol. The monoisotopic (exact) mass is 340 g/mol. The zero-order valence-corrected chi connectivity index (χ0v) is 14.7. The molecule has 3 heterocycles. The molecule has 0 unspecified atom stereocenters. The fourth-order valence-corrected chi connectivity index (χ4v) is 3.92. The number of fused-ring (bicyclic) bond motifs is 1. The molecule has 6 heteroatoms. The quantitative estimate of drug-likeness (QED) is 0.901. The van der Waals surface area contributed by atoms with Crippen molar-refractivity contribution in [2.75, 3.05) is 6.73 Å². The van der Waals surface area contributed by atoms with Crippen LogP contribution in [0.25, 0.3) is 5.65 Å². The molecule has 0 bridgehead atoms. The molecule has 2 N–H and O–H groups in total. The van der Waals surface area contributed by atoms with Crippen LogP contribution in [0.2, 0.25) is 0 Å². The molecule has 25 heavy (non-hydrogen) atoms. The van der Waals surface area contributed by atoms with Gasteiger partial charge in [-0.25, -0.2) is 4.98 Å². The normalized spacial score (nSPS) is 23.0. The van der Waals surface area contributed by atoms with Crippen LogP contribution < -0.4 is 10.6 Å². The lowest BCUT2D eigenvalue weighted by Crippen LogP contribution is -2.38. The third-order valence-electron chi connectivity index (χ3n) is 5.26. The first-order valence-corrected chi connectivity index (χ1v) is 8.93. The molecule has 6 nitrogen and oxygen atoms in total. The molecule has 132 valence electrons. The summed E-state index contributed by atoms with van der Waals surface area (Å²) in [5, 5.41) is 6.48. The van der Waals surface area contributed by atoms with Gasteiger partial charge in [-0.15, -0.1) is 0 Å². The van der Waals surface area contributed by atoms with E-state index in [2.05, 4.69) is 15.6 Å². The van der Waals surface area contributed by atoms with E-state index in [-0.39, 0.29) is 11.9 Å². The summed E-state index contributed by atoms with van der Waals surface area (Å²) >= 11 is 0. The minimum atomic E-state index is -0.0232. The van der Waals surface area contributed by atoms with Crippen molar-refractivity contribution in [3.8, 4) is 0 Å². The number of aromatic nitrogens is 2. The smallest absolute Gasteiger partial charge is 0.255 e. The van der Waals surface area contributed by atoms with Crippen LogP contribution in [0.15, 0.2) is 30.3 Å². The molecule has 1 aliphatic carbocycles. The first-order valence-electron chi connectivity index (χ1n) is 8.93. The molecule has 0 saturated heterocycles. The number of nitrogens with zero attached hydrogens (tertiary/aromatic N) is 2. The van der Waals surface area contributed by atoms with E-state index in [0.29, 0.717) is 18.2 Å². The Balaban J connectivity index is 1.43. The van der Waals surface area contributed by atoms with Crippen molar-refractivity contribution in [1.29, 1.82) is 0 Å². The molecule has 0 aromatic carbocycles. The zero-order chi connectivity index (χ0) is 17.4. The highest BCUT2D eigenvalue weighted by molar-refractivity contribution is 6.00. The summed E-state index contributed by atoms with van der Waals surface area (Å²) in [6.07, 6.45) is 7.88. The van der Waals surface area contributed by atoms with Gasteiger partial charge < -0.3 is 19.8 Å². The molecular formula is C19H24N4O2. The van der Waals surface area contributed by atoms with Crippen LogP contribution in [0.1, 0.15) is 47.4 Å². The number of carbonyl (C=O) groups excluding carboxylic acids is 1. The molecule has 2 aromatic heterocycles. The molecule has 1 aliphatic heterocycles. The Morgan fingerprint density at radius 1 is 1.32 bits per heavy atom. The predicted molar refractivity (Wildman–Crippen MR) is 95.0 cm³/mol. The number of hydrogen-bond acceptors (Lipinski definition) is 4. The molecule has 1 amide bonds. The summed E-state index contributed by atoms with van der Waals surface area (Å²) in [7, 11) is 0. The van der Waals surface area contributed by atoms with Crippen molar-refractivity contribution in [3.05, 3.63) is 47.2 Å². The number of aryl methyl sites for hydroxylation is 2. The summed E-state index contributed by atoms with van der Waals surface area (Å²) in [5.41, 5.74) is 4.61. The van der Waals surface area contributed by atoms with E-state index in [0.717, 1.165) is 42.7 Å². The maximum absolute atomic E-state index is 12.7. The Hall–Kier alpha value is -2.50. The second kappa shape index (κ2) is 6.43. The number of carbonyl (C=O) groups is 1. The Morgan fingerprint density at radius 3 is 2.84 bits per heavy atom. The maximum Gasteiger partial charge on any atom is 0.255 e. The number of ether oxygens (including phenoxy) is 1. The Bertz CT molecular complexity index is 831. The summed E-state index contributed by atoms with van der Waals surface area (Å²) in [6, 6.07) is 4.11. The first kappa shape index (κ1) is 16.0. The Kier molecular flexibility index (Phi) is 4.11. The number of nitrogens with one attached hydrogen (secondary N) is 2. The number of amides is 1. The molecule has 2 aromatic rings. The van der Waals surface area contributed by atoms with Crippen molar-refractivity contribution < 1.29 is 9.53 Å². The van der Waals surface area contributed by atoms with Crippen LogP contribution in [-0.4, -0.2) is 28.1 Å². The van der Waals surface area contributed by atoms with Gasteiger partial charge >= 0.3 is 0 Å². The van der Waals surface area contributed by atoms with Gasteiger partial charge in [0.15, 0.2) is 6.73 Å². The second-order valence-electron chi connectivity index (χ2n) is 7.04. The largest absolute Gasteiger partial charge is 0.479 e. The average Bonchev–Trinajstić information content (AvgIpc) is 3.25. The van der Waals surface area contributed by atoms with Gasteiger partial charge in [0.25, 0.3) is 5.91 Å². The highest BCUT2D eigenvalue weighted by Crippen LogP contribution is 2.30. The SMILES string of the molecule is Cc1cc(C)n2ccc(C(=O)NC3CCC(C4=COCN4)CC3)c2n1. The van der Waals surface area contributed by atoms with Crippen molar-refractivity contribution >= 4 is 11.6 Å². The van der Waals surface area contributed by atoms with E-state index in [1.165, 1.54) is 5.70 Å². The predicted octanol–water partition coefficient (Wildman–Crippen LogP) is 2.66. The van der Waals surface area contributed by atoms with Crippen molar-refractivity contribution in [2.45, 2.75) is 45.6 Å². The van der Waals surface area contributed by atoms with E-state index in [1.807, 2.05) is 42.8 Å². The third-order valence-corrected chi connectivity index (χ3v) is 5.26. The fourth-order valence-electron chi connectivity index (χ4n) is 3.92. The molecule has 1 fully saturated rings. The number of hydrogen-bond donors (Lipinski definition) is 2. The Labute approximate surface area is 147 Å². The van der Waals surface area contributed by atoms with E-state index >= 15 is 0 Å². The molecule has 0 atom stereocenters. The van der Waals surface area contributed by atoms with E-state index < -0.39 is 0 Å². The molecule has 1 saturated carbocycles. The van der Waals surface area contributed by atoms with Crippen LogP contribution in [0.5, 0.6) is 0 Å². The number of rotatable bonds is 3. The van der Waals surface area contributed by atoms with Crippen molar-refractivity contribution in [1.82, 2.24) is 20.0 Å². The lowest BCUT2D eigenvalue weighted by Gasteiger charge is -2.29.